The highest BCUT2D eigenvalue weighted by Gasteiger charge is 2.18. The number of hydrogen-bond donors (Lipinski definition) is 1. The van der Waals surface area contributed by atoms with Crippen molar-refractivity contribution in [2.24, 2.45) is 0 Å². The molecule has 0 saturated carbocycles. The topological polar surface area (TPSA) is 72.7 Å². The van der Waals surface area contributed by atoms with E-state index in [1.807, 2.05) is 41.0 Å². The molecule has 37 heavy (non-hydrogen) atoms. The van der Waals surface area contributed by atoms with Crippen LogP contribution in [0, 0.1) is 5.82 Å². The van der Waals surface area contributed by atoms with Gasteiger partial charge in [0.2, 0.25) is 5.91 Å². The van der Waals surface area contributed by atoms with E-state index in [0.717, 1.165) is 16.0 Å². The third-order valence-corrected chi connectivity index (χ3v) is 7.70. The number of carbonyl (C=O) groups excluding carboxylic acids is 1. The maximum atomic E-state index is 13.6. The third-order valence-electron chi connectivity index (χ3n) is 5.25. The Hall–Kier alpha value is -3.24. The van der Waals surface area contributed by atoms with E-state index < -0.39 is 0 Å². The van der Waals surface area contributed by atoms with Gasteiger partial charge in [-0.05, 0) is 48.0 Å². The average Bonchev–Trinajstić information content (AvgIpc) is 3.53. The molecule has 1 amide bonds. The number of rotatable bonds is 8. The molecular formula is C26H18Cl2FN5OS2. The number of carbonyl (C=O) groups is 1. The highest BCUT2D eigenvalue weighted by molar-refractivity contribution is 7.99. The molecule has 0 saturated heterocycles. The number of thioether (sulfide) groups is 1. The lowest BCUT2D eigenvalue weighted by Gasteiger charge is -2.10. The van der Waals surface area contributed by atoms with Gasteiger partial charge in [0, 0.05) is 38.8 Å². The summed E-state index contributed by atoms with van der Waals surface area (Å²) in [4.78, 5) is 18.0. The summed E-state index contributed by atoms with van der Waals surface area (Å²) in [6.45, 7) is 0. The summed E-state index contributed by atoms with van der Waals surface area (Å²) in [7, 11) is 0. The fourth-order valence-corrected chi connectivity index (χ4v) is 5.54. The van der Waals surface area contributed by atoms with Crippen LogP contribution in [0.3, 0.4) is 0 Å². The molecular weight excluding hydrogens is 552 g/mol. The van der Waals surface area contributed by atoms with Crippen molar-refractivity contribution in [3.63, 3.8) is 0 Å². The normalized spacial score (nSPS) is 11.0. The lowest BCUT2D eigenvalue weighted by Crippen LogP contribution is -2.14. The van der Waals surface area contributed by atoms with Crippen LogP contribution in [0.15, 0.2) is 84.1 Å². The van der Waals surface area contributed by atoms with Crippen LogP contribution in [0.5, 0.6) is 0 Å². The molecule has 11 heteroatoms. The Morgan fingerprint density at radius 1 is 1.03 bits per heavy atom. The third kappa shape index (κ3) is 6.19. The SMILES string of the molecule is O=C(CSc1nnc(-c2ccccc2)n1-c1ccc(F)cc1)Nc1ncc(Cc2cc(Cl)ccc2Cl)s1. The summed E-state index contributed by atoms with van der Waals surface area (Å²) >= 11 is 14.9. The lowest BCUT2D eigenvalue weighted by atomic mass is 10.1. The van der Waals surface area contributed by atoms with E-state index in [0.29, 0.717) is 38.3 Å². The minimum atomic E-state index is -0.341. The molecule has 0 spiro atoms. The van der Waals surface area contributed by atoms with Crippen molar-refractivity contribution < 1.29 is 9.18 Å². The Bertz CT molecular complexity index is 1540. The molecule has 2 heterocycles. The molecule has 2 aromatic heterocycles. The van der Waals surface area contributed by atoms with Gasteiger partial charge in [-0.15, -0.1) is 21.5 Å². The molecule has 0 aliphatic rings. The highest BCUT2D eigenvalue weighted by Crippen LogP contribution is 2.29. The molecule has 0 radical (unpaired) electrons. The van der Waals surface area contributed by atoms with E-state index in [-0.39, 0.29) is 17.5 Å². The molecule has 1 N–H and O–H groups in total. The van der Waals surface area contributed by atoms with Crippen LogP contribution in [0.2, 0.25) is 10.0 Å². The number of anilines is 1. The maximum absolute atomic E-state index is 13.6. The zero-order valence-electron chi connectivity index (χ0n) is 19.1. The van der Waals surface area contributed by atoms with Crippen LogP contribution in [0.25, 0.3) is 17.1 Å². The molecule has 0 aliphatic carbocycles. The Labute approximate surface area is 230 Å². The quantitative estimate of drug-likeness (QED) is 0.201. The van der Waals surface area contributed by atoms with Gasteiger partial charge in [-0.25, -0.2) is 9.37 Å². The number of halogens is 3. The van der Waals surface area contributed by atoms with Gasteiger partial charge in [-0.2, -0.15) is 0 Å². The van der Waals surface area contributed by atoms with Crippen LogP contribution in [-0.2, 0) is 11.2 Å². The summed E-state index contributed by atoms with van der Waals surface area (Å²) in [5.74, 6) is 0.108. The summed E-state index contributed by atoms with van der Waals surface area (Å²) in [5.41, 5.74) is 2.43. The summed E-state index contributed by atoms with van der Waals surface area (Å²) in [5, 5.41) is 13.7. The van der Waals surface area contributed by atoms with Crippen LogP contribution in [0.4, 0.5) is 9.52 Å². The summed E-state index contributed by atoms with van der Waals surface area (Å²) < 4.78 is 15.4. The van der Waals surface area contributed by atoms with E-state index in [1.165, 1.54) is 35.2 Å². The molecule has 0 atom stereocenters. The van der Waals surface area contributed by atoms with Crippen molar-refractivity contribution in [3.8, 4) is 17.1 Å². The average molecular weight is 571 g/mol. The van der Waals surface area contributed by atoms with Crippen molar-refractivity contribution in [3.05, 3.63) is 105 Å². The zero-order valence-corrected chi connectivity index (χ0v) is 22.2. The summed E-state index contributed by atoms with van der Waals surface area (Å²) in [6.07, 6.45) is 2.27. The van der Waals surface area contributed by atoms with Crippen molar-refractivity contribution in [1.29, 1.82) is 0 Å². The number of amides is 1. The second-order valence-corrected chi connectivity index (χ2v) is 10.8. The number of nitrogens with one attached hydrogen (secondary N) is 1. The number of aromatic nitrogens is 4. The van der Waals surface area contributed by atoms with E-state index in [9.17, 15) is 9.18 Å². The lowest BCUT2D eigenvalue weighted by molar-refractivity contribution is -0.113. The first-order chi connectivity index (χ1) is 18.0. The monoisotopic (exact) mass is 569 g/mol. The first-order valence-corrected chi connectivity index (χ1v) is 13.6. The van der Waals surface area contributed by atoms with Gasteiger partial charge in [-0.3, -0.25) is 9.36 Å². The molecule has 5 aromatic rings. The largest absolute Gasteiger partial charge is 0.301 e. The Kier molecular flexibility index (Phi) is 7.85. The molecule has 6 nitrogen and oxygen atoms in total. The first-order valence-electron chi connectivity index (χ1n) is 11.0. The van der Waals surface area contributed by atoms with Crippen LogP contribution < -0.4 is 5.32 Å². The van der Waals surface area contributed by atoms with Gasteiger partial charge in [-0.1, -0.05) is 65.3 Å². The molecule has 0 unspecified atom stereocenters. The number of nitrogens with zero attached hydrogens (tertiary/aromatic N) is 4. The van der Waals surface area contributed by atoms with Gasteiger partial charge >= 0.3 is 0 Å². The fourth-order valence-electron chi connectivity index (χ4n) is 3.56. The van der Waals surface area contributed by atoms with Gasteiger partial charge < -0.3 is 5.32 Å². The smallest absolute Gasteiger partial charge is 0.236 e. The number of thiazole rings is 1. The van der Waals surface area contributed by atoms with Crippen LogP contribution >= 0.6 is 46.3 Å². The number of benzene rings is 3. The van der Waals surface area contributed by atoms with Gasteiger partial charge in [0.1, 0.15) is 5.82 Å². The molecule has 0 aliphatic heterocycles. The maximum Gasteiger partial charge on any atom is 0.236 e. The number of hydrogen-bond acceptors (Lipinski definition) is 6. The molecule has 5 rings (SSSR count). The zero-order chi connectivity index (χ0) is 25.8. The van der Waals surface area contributed by atoms with Crippen LogP contribution in [0.1, 0.15) is 10.4 Å². The van der Waals surface area contributed by atoms with Gasteiger partial charge in [0.25, 0.3) is 0 Å². The fraction of sp³-hybridized carbons (Fsp3) is 0.0769. The van der Waals surface area contributed by atoms with E-state index >= 15 is 0 Å². The van der Waals surface area contributed by atoms with Crippen molar-refractivity contribution in [2.75, 3.05) is 11.1 Å². The second kappa shape index (κ2) is 11.4. The molecule has 3 aromatic carbocycles. The van der Waals surface area contributed by atoms with E-state index in [1.54, 1.807) is 30.5 Å². The highest BCUT2D eigenvalue weighted by atomic mass is 35.5. The van der Waals surface area contributed by atoms with Gasteiger partial charge in [0.15, 0.2) is 16.1 Å². The predicted molar refractivity (Wildman–Crippen MR) is 147 cm³/mol. The molecule has 0 fully saturated rings. The van der Waals surface area contributed by atoms with Gasteiger partial charge in [0.05, 0.1) is 5.75 Å². The predicted octanol–water partition coefficient (Wildman–Crippen LogP) is 7.16. The Morgan fingerprint density at radius 3 is 2.59 bits per heavy atom. The Balaban J connectivity index is 1.29. The standard InChI is InChI=1S/C26H18Cl2FN5OS2/c27-18-6-11-22(28)17(12-18)13-21-14-30-25(37-21)31-23(35)15-36-26-33-32-24(16-4-2-1-3-5-16)34(26)20-9-7-19(29)8-10-20/h1-12,14H,13,15H2,(H,30,31,35). The molecule has 0 bridgehead atoms. The molecule has 186 valence electrons. The van der Waals surface area contributed by atoms with Crippen molar-refractivity contribution in [2.45, 2.75) is 11.6 Å². The minimum Gasteiger partial charge on any atom is -0.301 e. The Morgan fingerprint density at radius 2 is 1.81 bits per heavy atom. The first kappa shape index (κ1) is 25.4. The second-order valence-electron chi connectivity index (χ2n) is 7.87. The van der Waals surface area contributed by atoms with Crippen LogP contribution in [-0.4, -0.2) is 31.4 Å². The van der Waals surface area contributed by atoms with Crippen molar-refractivity contribution >= 4 is 57.3 Å². The summed E-state index contributed by atoms with van der Waals surface area (Å²) in [6, 6.07) is 20.9. The van der Waals surface area contributed by atoms with Crippen molar-refractivity contribution in [1.82, 2.24) is 19.7 Å². The van der Waals surface area contributed by atoms with E-state index in [4.69, 9.17) is 23.2 Å². The van der Waals surface area contributed by atoms with E-state index in [2.05, 4.69) is 20.5 Å². The minimum absolute atomic E-state index is 0.0865.